The molecule has 94 valence electrons. The van der Waals surface area contributed by atoms with E-state index < -0.39 is 0 Å². The molecule has 1 saturated heterocycles. The Morgan fingerprint density at radius 3 is 2.88 bits per heavy atom. The number of hydrogen-bond acceptors (Lipinski definition) is 3. The summed E-state index contributed by atoms with van der Waals surface area (Å²) < 4.78 is 5.75. The summed E-state index contributed by atoms with van der Waals surface area (Å²) in [7, 11) is 0. The van der Waals surface area contributed by atoms with E-state index in [0.717, 1.165) is 45.6 Å². The Balaban J connectivity index is 1.81. The van der Waals surface area contributed by atoms with Crippen molar-refractivity contribution in [1.82, 2.24) is 4.90 Å². The van der Waals surface area contributed by atoms with Crippen molar-refractivity contribution in [3.63, 3.8) is 0 Å². The minimum Gasteiger partial charge on any atom is -0.376 e. The van der Waals surface area contributed by atoms with Gasteiger partial charge in [0.25, 0.3) is 0 Å². The van der Waals surface area contributed by atoms with E-state index in [1.54, 1.807) is 0 Å². The predicted molar refractivity (Wildman–Crippen MR) is 69.7 cm³/mol. The topological polar surface area (TPSA) is 38.5 Å². The van der Waals surface area contributed by atoms with Gasteiger partial charge in [-0.05, 0) is 24.9 Å². The summed E-state index contributed by atoms with van der Waals surface area (Å²) in [6, 6.07) is 10.6. The lowest BCUT2D eigenvalue weighted by Crippen LogP contribution is -2.42. The molecule has 0 bridgehead atoms. The van der Waals surface area contributed by atoms with Crippen LogP contribution in [0.4, 0.5) is 0 Å². The summed E-state index contributed by atoms with van der Waals surface area (Å²) in [5.74, 6) is 0. The average molecular weight is 234 g/mol. The molecule has 1 aliphatic heterocycles. The number of benzene rings is 1. The lowest BCUT2D eigenvalue weighted by Gasteiger charge is -2.33. The molecule has 1 aliphatic rings. The van der Waals surface area contributed by atoms with E-state index in [9.17, 15) is 0 Å². The van der Waals surface area contributed by atoms with Crippen LogP contribution in [0.3, 0.4) is 0 Å². The van der Waals surface area contributed by atoms with Crippen LogP contribution in [0.2, 0.25) is 0 Å². The molecule has 1 aromatic carbocycles. The van der Waals surface area contributed by atoms with Crippen LogP contribution in [-0.4, -0.2) is 37.2 Å². The van der Waals surface area contributed by atoms with Crippen LogP contribution in [0.5, 0.6) is 0 Å². The zero-order valence-electron chi connectivity index (χ0n) is 10.3. The van der Waals surface area contributed by atoms with E-state index in [0.29, 0.717) is 6.10 Å². The Morgan fingerprint density at radius 2 is 2.12 bits per heavy atom. The molecule has 2 N–H and O–H groups in total. The monoisotopic (exact) mass is 234 g/mol. The van der Waals surface area contributed by atoms with Crippen molar-refractivity contribution in [2.75, 3.05) is 26.2 Å². The molecule has 0 spiro atoms. The molecular formula is C14H22N2O. The largest absolute Gasteiger partial charge is 0.376 e. The van der Waals surface area contributed by atoms with Gasteiger partial charge in [0.15, 0.2) is 0 Å². The highest BCUT2D eigenvalue weighted by Crippen LogP contribution is 2.13. The normalized spacial score (nSPS) is 21.6. The molecule has 1 aromatic rings. The molecule has 0 radical (unpaired) electrons. The summed E-state index contributed by atoms with van der Waals surface area (Å²) >= 11 is 0. The maximum Gasteiger partial charge on any atom is 0.0703 e. The van der Waals surface area contributed by atoms with E-state index in [2.05, 4.69) is 35.2 Å². The summed E-state index contributed by atoms with van der Waals surface area (Å²) in [6.07, 6.45) is 2.52. The lowest BCUT2D eigenvalue weighted by atomic mass is 10.1. The van der Waals surface area contributed by atoms with Gasteiger partial charge in [-0.15, -0.1) is 0 Å². The van der Waals surface area contributed by atoms with Crippen LogP contribution >= 0.6 is 0 Å². The molecular weight excluding hydrogens is 212 g/mol. The summed E-state index contributed by atoms with van der Waals surface area (Å²) in [5, 5.41) is 0. The van der Waals surface area contributed by atoms with Crippen LogP contribution in [0.15, 0.2) is 30.3 Å². The highest BCUT2D eigenvalue weighted by Gasteiger charge is 2.19. The first-order valence-electron chi connectivity index (χ1n) is 6.46. The molecule has 1 unspecified atom stereocenters. The fourth-order valence-corrected chi connectivity index (χ4v) is 2.29. The van der Waals surface area contributed by atoms with Crippen LogP contribution in [-0.2, 0) is 11.3 Å². The first-order valence-corrected chi connectivity index (χ1v) is 6.46. The third kappa shape index (κ3) is 4.11. The van der Waals surface area contributed by atoms with Crippen molar-refractivity contribution in [3.8, 4) is 0 Å². The zero-order chi connectivity index (χ0) is 11.9. The number of nitrogens with zero attached hydrogens (tertiary/aromatic N) is 1. The van der Waals surface area contributed by atoms with E-state index in [-0.39, 0.29) is 0 Å². The fraction of sp³-hybridized carbons (Fsp3) is 0.571. The van der Waals surface area contributed by atoms with Gasteiger partial charge >= 0.3 is 0 Å². The SMILES string of the molecule is NCCCC1CN(Cc2ccccc2)CCO1. The highest BCUT2D eigenvalue weighted by molar-refractivity contribution is 5.14. The Kier molecular flexibility index (Phi) is 4.98. The first kappa shape index (κ1) is 12.6. The molecule has 3 heteroatoms. The van der Waals surface area contributed by atoms with Gasteiger partial charge in [-0.25, -0.2) is 0 Å². The molecule has 1 heterocycles. The number of rotatable bonds is 5. The van der Waals surface area contributed by atoms with Gasteiger partial charge in [-0.1, -0.05) is 30.3 Å². The van der Waals surface area contributed by atoms with Gasteiger partial charge in [0.05, 0.1) is 12.7 Å². The number of ether oxygens (including phenoxy) is 1. The Morgan fingerprint density at radius 1 is 1.29 bits per heavy atom. The second kappa shape index (κ2) is 6.74. The molecule has 2 rings (SSSR count). The molecule has 1 atom stereocenters. The summed E-state index contributed by atoms with van der Waals surface area (Å²) in [5.41, 5.74) is 6.92. The second-order valence-electron chi connectivity index (χ2n) is 4.64. The number of hydrogen-bond donors (Lipinski definition) is 1. The van der Waals surface area contributed by atoms with Crippen molar-refractivity contribution in [3.05, 3.63) is 35.9 Å². The van der Waals surface area contributed by atoms with Crippen molar-refractivity contribution in [2.45, 2.75) is 25.5 Å². The smallest absolute Gasteiger partial charge is 0.0703 e. The fourth-order valence-electron chi connectivity index (χ4n) is 2.29. The Bertz CT molecular complexity index is 315. The molecule has 0 aromatic heterocycles. The standard InChI is InChI=1S/C14H22N2O/c15-8-4-7-14-12-16(9-10-17-14)11-13-5-2-1-3-6-13/h1-3,5-6,14H,4,7-12,15H2. The van der Waals surface area contributed by atoms with Crippen molar-refractivity contribution >= 4 is 0 Å². The predicted octanol–water partition coefficient (Wildman–Crippen LogP) is 1.63. The summed E-state index contributed by atoms with van der Waals surface area (Å²) in [6.45, 7) is 4.72. The molecule has 1 fully saturated rings. The summed E-state index contributed by atoms with van der Waals surface area (Å²) in [4.78, 5) is 2.47. The van der Waals surface area contributed by atoms with Gasteiger partial charge in [0.2, 0.25) is 0 Å². The molecule has 17 heavy (non-hydrogen) atoms. The highest BCUT2D eigenvalue weighted by atomic mass is 16.5. The third-order valence-electron chi connectivity index (χ3n) is 3.20. The van der Waals surface area contributed by atoms with Crippen LogP contribution in [0, 0.1) is 0 Å². The molecule has 3 nitrogen and oxygen atoms in total. The number of morpholine rings is 1. The molecule has 0 amide bonds. The molecule has 0 aliphatic carbocycles. The van der Waals surface area contributed by atoms with Crippen LogP contribution < -0.4 is 5.73 Å². The minimum absolute atomic E-state index is 0.371. The van der Waals surface area contributed by atoms with Gasteiger partial charge in [-0.2, -0.15) is 0 Å². The van der Waals surface area contributed by atoms with Gasteiger partial charge in [0, 0.05) is 19.6 Å². The van der Waals surface area contributed by atoms with Gasteiger partial charge in [0.1, 0.15) is 0 Å². The minimum atomic E-state index is 0.371. The van der Waals surface area contributed by atoms with E-state index in [4.69, 9.17) is 10.5 Å². The van der Waals surface area contributed by atoms with E-state index in [1.807, 2.05) is 0 Å². The first-order chi connectivity index (χ1) is 8.38. The third-order valence-corrected chi connectivity index (χ3v) is 3.20. The van der Waals surface area contributed by atoms with E-state index >= 15 is 0 Å². The Labute approximate surface area is 104 Å². The average Bonchev–Trinajstić information content (AvgIpc) is 2.38. The number of nitrogens with two attached hydrogens (primary N) is 1. The van der Waals surface area contributed by atoms with Crippen LogP contribution in [0.25, 0.3) is 0 Å². The van der Waals surface area contributed by atoms with E-state index in [1.165, 1.54) is 5.56 Å². The van der Waals surface area contributed by atoms with Crippen molar-refractivity contribution in [1.29, 1.82) is 0 Å². The van der Waals surface area contributed by atoms with Crippen molar-refractivity contribution in [2.24, 2.45) is 5.73 Å². The maximum absolute atomic E-state index is 5.75. The van der Waals surface area contributed by atoms with Crippen molar-refractivity contribution < 1.29 is 4.74 Å². The molecule has 0 saturated carbocycles. The Hall–Kier alpha value is -0.900. The van der Waals surface area contributed by atoms with Crippen LogP contribution in [0.1, 0.15) is 18.4 Å². The second-order valence-corrected chi connectivity index (χ2v) is 4.64. The van der Waals surface area contributed by atoms with Gasteiger partial charge in [-0.3, -0.25) is 4.90 Å². The quantitative estimate of drug-likeness (QED) is 0.841. The zero-order valence-corrected chi connectivity index (χ0v) is 10.3. The maximum atomic E-state index is 5.75. The van der Waals surface area contributed by atoms with Gasteiger partial charge < -0.3 is 10.5 Å². The lowest BCUT2D eigenvalue weighted by molar-refractivity contribution is -0.0352.